The number of fused-ring (bicyclic) bond motifs is 1. The molecule has 0 atom stereocenters. The molecule has 0 aromatic carbocycles. The van der Waals surface area contributed by atoms with Gasteiger partial charge in [-0.2, -0.15) is 0 Å². The summed E-state index contributed by atoms with van der Waals surface area (Å²) in [5.74, 6) is 0.300. The van der Waals surface area contributed by atoms with Crippen molar-refractivity contribution in [1.29, 1.82) is 0 Å². The van der Waals surface area contributed by atoms with Gasteiger partial charge in [0, 0.05) is 6.42 Å². The quantitative estimate of drug-likeness (QED) is 0.599. The van der Waals surface area contributed by atoms with Crippen LogP contribution >= 0.6 is 0 Å². The van der Waals surface area contributed by atoms with Gasteiger partial charge >= 0.3 is 0 Å². The van der Waals surface area contributed by atoms with Crippen molar-refractivity contribution in [3.05, 3.63) is 22.8 Å². The van der Waals surface area contributed by atoms with E-state index in [4.69, 9.17) is 0 Å². The number of rotatable bonds is 0. The normalized spacial score (nSPS) is 27.6. The number of hydrogen-bond donors (Lipinski definition) is 0. The second kappa shape index (κ2) is 3.32. The van der Waals surface area contributed by atoms with Crippen LogP contribution in [0.25, 0.3) is 0 Å². The summed E-state index contributed by atoms with van der Waals surface area (Å²) in [5.41, 5.74) is 4.61. The van der Waals surface area contributed by atoms with Crippen LogP contribution in [-0.4, -0.2) is 5.78 Å². The van der Waals surface area contributed by atoms with Crippen molar-refractivity contribution in [1.82, 2.24) is 0 Å². The summed E-state index contributed by atoms with van der Waals surface area (Å²) in [6.45, 7) is 11.2. The Hall–Kier alpha value is -0.850. The average Bonchev–Trinajstić information content (AvgIpc) is 1.94. The first-order valence-corrected chi connectivity index (χ1v) is 6.15. The summed E-state index contributed by atoms with van der Waals surface area (Å²) >= 11 is 0. The number of hydrogen-bond acceptors (Lipinski definition) is 1. The summed E-state index contributed by atoms with van der Waals surface area (Å²) < 4.78 is 0. The predicted molar refractivity (Wildman–Crippen MR) is 67.2 cm³/mol. The molecule has 88 valence electrons. The predicted octanol–water partition coefficient (Wildman–Crippen LogP) is 4.05. The molecule has 0 aromatic heterocycles. The monoisotopic (exact) mass is 218 g/mol. The Labute approximate surface area is 98.6 Å². The molecule has 0 saturated heterocycles. The van der Waals surface area contributed by atoms with Crippen LogP contribution in [0, 0.1) is 10.8 Å². The van der Waals surface area contributed by atoms with Gasteiger partial charge in [0.2, 0.25) is 0 Å². The van der Waals surface area contributed by atoms with Crippen LogP contribution in [-0.2, 0) is 4.79 Å². The molecule has 0 N–H and O–H groups in total. The van der Waals surface area contributed by atoms with E-state index < -0.39 is 0 Å². The SMILES string of the molecule is CC1=C2C(=CC(=O)CC2(C)C)CC(C)(C)C1. The van der Waals surface area contributed by atoms with E-state index >= 15 is 0 Å². The Kier molecular flexibility index (Phi) is 2.41. The van der Waals surface area contributed by atoms with E-state index in [0.29, 0.717) is 17.6 Å². The van der Waals surface area contributed by atoms with Crippen LogP contribution < -0.4 is 0 Å². The second-order valence-corrected chi connectivity index (χ2v) is 6.87. The minimum Gasteiger partial charge on any atom is -0.295 e. The van der Waals surface area contributed by atoms with E-state index in [1.54, 1.807) is 0 Å². The topological polar surface area (TPSA) is 17.1 Å². The second-order valence-electron chi connectivity index (χ2n) is 6.87. The zero-order chi connectivity index (χ0) is 12.1. The lowest BCUT2D eigenvalue weighted by Crippen LogP contribution is -2.31. The Morgan fingerprint density at radius 2 is 1.69 bits per heavy atom. The smallest absolute Gasteiger partial charge is 0.156 e. The van der Waals surface area contributed by atoms with Crippen molar-refractivity contribution >= 4 is 5.78 Å². The van der Waals surface area contributed by atoms with E-state index in [-0.39, 0.29) is 5.41 Å². The van der Waals surface area contributed by atoms with E-state index in [1.807, 2.05) is 6.08 Å². The van der Waals surface area contributed by atoms with Gasteiger partial charge < -0.3 is 0 Å². The summed E-state index contributed by atoms with van der Waals surface area (Å²) in [6.07, 6.45) is 4.78. The maximum absolute atomic E-state index is 11.8. The number of ketones is 1. The molecule has 0 saturated carbocycles. The molecule has 0 aromatic rings. The largest absolute Gasteiger partial charge is 0.295 e. The van der Waals surface area contributed by atoms with Gasteiger partial charge in [-0.3, -0.25) is 4.79 Å². The molecule has 0 radical (unpaired) electrons. The Balaban J connectivity index is 2.56. The highest BCUT2D eigenvalue weighted by atomic mass is 16.1. The van der Waals surface area contributed by atoms with Crippen LogP contribution in [0.4, 0.5) is 0 Å². The Bertz CT molecular complexity index is 405. The van der Waals surface area contributed by atoms with Crippen molar-refractivity contribution in [2.75, 3.05) is 0 Å². The molecular formula is C15H22O. The molecule has 2 aliphatic rings. The molecule has 0 bridgehead atoms. The molecule has 1 heteroatoms. The summed E-state index contributed by atoms with van der Waals surface area (Å²) in [5, 5.41) is 0. The third kappa shape index (κ3) is 1.88. The standard InChI is InChI=1S/C15H22O/c1-10-7-14(2,3)8-11-6-12(16)9-15(4,5)13(10)11/h6H,7-9H2,1-5H3. The minimum atomic E-state index is 0.0434. The lowest BCUT2D eigenvalue weighted by atomic mass is 9.62. The lowest BCUT2D eigenvalue weighted by molar-refractivity contribution is -0.116. The van der Waals surface area contributed by atoms with E-state index in [9.17, 15) is 4.79 Å². The molecule has 0 spiro atoms. The molecule has 0 heterocycles. The summed E-state index contributed by atoms with van der Waals surface area (Å²) in [4.78, 5) is 11.8. The minimum absolute atomic E-state index is 0.0434. The van der Waals surface area contributed by atoms with Gasteiger partial charge in [0.25, 0.3) is 0 Å². The fourth-order valence-electron chi connectivity index (χ4n) is 3.65. The first kappa shape index (κ1) is 11.6. The van der Waals surface area contributed by atoms with Crippen LogP contribution in [0.2, 0.25) is 0 Å². The molecule has 2 rings (SSSR count). The van der Waals surface area contributed by atoms with Gasteiger partial charge in [0.1, 0.15) is 0 Å². The van der Waals surface area contributed by atoms with E-state index in [0.717, 1.165) is 12.8 Å². The van der Waals surface area contributed by atoms with Gasteiger partial charge in [-0.15, -0.1) is 0 Å². The van der Waals surface area contributed by atoms with Crippen LogP contribution in [0.1, 0.15) is 53.9 Å². The highest BCUT2D eigenvalue weighted by molar-refractivity contribution is 5.94. The summed E-state index contributed by atoms with van der Waals surface area (Å²) in [7, 11) is 0. The van der Waals surface area contributed by atoms with E-state index in [2.05, 4.69) is 34.6 Å². The molecule has 0 aliphatic heterocycles. The third-order valence-corrected chi connectivity index (χ3v) is 3.79. The zero-order valence-electron chi connectivity index (χ0n) is 11.1. The molecule has 0 fully saturated rings. The number of carbonyl (C=O) groups excluding carboxylic acids is 1. The van der Waals surface area contributed by atoms with Gasteiger partial charge in [0.05, 0.1) is 0 Å². The van der Waals surface area contributed by atoms with Crippen LogP contribution in [0.5, 0.6) is 0 Å². The zero-order valence-corrected chi connectivity index (χ0v) is 11.1. The lowest BCUT2D eigenvalue weighted by Gasteiger charge is -2.42. The molecule has 2 aliphatic carbocycles. The molecule has 1 nitrogen and oxygen atoms in total. The Morgan fingerprint density at radius 1 is 1.06 bits per heavy atom. The van der Waals surface area contributed by atoms with Crippen molar-refractivity contribution in [2.24, 2.45) is 10.8 Å². The van der Waals surface area contributed by atoms with Crippen molar-refractivity contribution < 1.29 is 4.79 Å². The maximum atomic E-state index is 11.8. The third-order valence-electron chi connectivity index (χ3n) is 3.79. The first-order valence-electron chi connectivity index (χ1n) is 6.15. The number of carbonyl (C=O) groups is 1. The highest BCUT2D eigenvalue weighted by Crippen LogP contribution is 2.50. The molecule has 16 heavy (non-hydrogen) atoms. The van der Waals surface area contributed by atoms with Gasteiger partial charge in [-0.25, -0.2) is 0 Å². The first-order chi connectivity index (χ1) is 7.21. The van der Waals surface area contributed by atoms with Crippen molar-refractivity contribution in [3.63, 3.8) is 0 Å². The van der Waals surface area contributed by atoms with Crippen LogP contribution in [0.3, 0.4) is 0 Å². The van der Waals surface area contributed by atoms with Gasteiger partial charge in [0.15, 0.2) is 5.78 Å². The van der Waals surface area contributed by atoms with Crippen molar-refractivity contribution in [3.8, 4) is 0 Å². The fraction of sp³-hybridized carbons (Fsp3) is 0.667. The highest BCUT2D eigenvalue weighted by Gasteiger charge is 2.39. The average molecular weight is 218 g/mol. The van der Waals surface area contributed by atoms with Crippen molar-refractivity contribution in [2.45, 2.75) is 53.9 Å². The van der Waals surface area contributed by atoms with Crippen LogP contribution in [0.15, 0.2) is 22.8 Å². The molecular weight excluding hydrogens is 196 g/mol. The molecule has 0 amide bonds. The van der Waals surface area contributed by atoms with Gasteiger partial charge in [-0.05, 0) is 47.8 Å². The Morgan fingerprint density at radius 3 is 2.31 bits per heavy atom. The van der Waals surface area contributed by atoms with Gasteiger partial charge in [-0.1, -0.05) is 33.3 Å². The number of allylic oxidation sites excluding steroid dienone is 4. The van der Waals surface area contributed by atoms with E-state index in [1.165, 1.54) is 16.7 Å². The summed E-state index contributed by atoms with van der Waals surface area (Å²) in [6, 6.07) is 0. The molecule has 0 unspecified atom stereocenters. The maximum Gasteiger partial charge on any atom is 0.156 e. The fourth-order valence-corrected chi connectivity index (χ4v) is 3.65.